The predicted octanol–water partition coefficient (Wildman–Crippen LogP) is 3.16. The highest BCUT2D eigenvalue weighted by Gasteiger charge is 2.48. The molecule has 1 fully saturated rings. The lowest BCUT2D eigenvalue weighted by Gasteiger charge is -2.18. The number of amides is 2. The van der Waals surface area contributed by atoms with Crippen LogP contribution in [0.5, 0.6) is 0 Å². The van der Waals surface area contributed by atoms with Crippen LogP contribution in [0.3, 0.4) is 0 Å². The SMILES string of the molecule is CCN(CC)C(=O)C1CC1C(=O)NCCc1ccc(Cl)cc1Cl. The number of nitrogens with one attached hydrogen (secondary N) is 1. The number of nitrogens with zero attached hydrogens (tertiary/aromatic N) is 1. The smallest absolute Gasteiger partial charge is 0.226 e. The van der Waals surface area contributed by atoms with Gasteiger partial charge in [-0.2, -0.15) is 0 Å². The van der Waals surface area contributed by atoms with E-state index in [4.69, 9.17) is 23.2 Å². The van der Waals surface area contributed by atoms with E-state index in [2.05, 4.69) is 5.32 Å². The Morgan fingerprint density at radius 2 is 1.91 bits per heavy atom. The highest BCUT2D eigenvalue weighted by molar-refractivity contribution is 6.35. The summed E-state index contributed by atoms with van der Waals surface area (Å²) < 4.78 is 0. The summed E-state index contributed by atoms with van der Waals surface area (Å²) >= 11 is 12.0. The highest BCUT2D eigenvalue weighted by atomic mass is 35.5. The molecular weight excluding hydrogens is 335 g/mol. The molecule has 0 heterocycles. The van der Waals surface area contributed by atoms with Gasteiger partial charge in [-0.3, -0.25) is 9.59 Å². The lowest BCUT2D eigenvalue weighted by atomic mass is 10.1. The number of carbonyl (C=O) groups excluding carboxylic acids is 2. The zero-order valence-electron chi connectivity index (χ0n) is 13.4. The Hall–Kier alpha value is -1.26. The van der Waals surface area contributed by atoms with Crippen LogP contribution >= 0.6 is 23.2 Å². The van der Waals surface area contributed by atoms with Crippen LogP contribution in [0.15, 0.2) is 18.2 Å². The molecule has 2 unspecified atom stereocenters. The van der Waals surface area contributed by atoms with E-state index in [1.807, 2.05) is 19.9 Å². The first kappa shape index (κ1) is 18.1. The van der Waals surface area contributed by atoms with Crippen LogP contribution in [0.1, 0.15) is 25.8 Å². The molecule has 4 nitrogen and oxygen atoms in total. The molecule has 0 saturated heterocycles. The summed E-state index contributed by atoms with van der Waals surface area (Å²) in [7, 11) is 0. The molecular formula is C17H22Cl2N2O2. The first-order valence-electron chi connectivity index (χ1n) is 7.98. The molecule has 1 aliphatic rings. The van der Waals surface area contributed by atoms with Gasteiger partial charge in [-0.05, 0) is 44.4 Å². The fourth-order valence-electron chi connectivity index (χ4n) is 2.70. The molecule has 2 rings (SSSR count). The third-order valence-electron chi connectivity index (χ3n) is 4.23. The van der Waals surface area contributed by atoms with Crippen LogP contribution in [0.25, 0.3) is 0 Å². The van der Waals surface area contributed by atoms with Crippen LogP contribution in [0, 0.1) is 11.8 Å². The van der Waals surface area contributed by atoms with Crippen molar-refractivity contribution in [2.75, 3.05) is 19.6 Å². The summed E-state index contributed by atoms with van der Waals surface area (Å²) in [6, 6.07) is 5.34. The van der Waals surface area contributed by atoms with Gasteiger partial charge in [0.2, 0.25) is 11.8 Å². The van der Waals surface area contributed by atoms with E-state index >= 15 is 0 Å². The lowest BCUT2D eigenvalue weighted by molar-refractivity contribution is -0.134. The first-order chi connectivity index (χ1) is 11.0. The fraction of sp³-hybridized carbons (Fsp3) is 0.529. The predicted molar refractivity (Wildman–Crippen MR) is 92.7 cm³/mol. The minimum Gasteiger partial charge on any atom is -0.356 e. The van der Waals surface area contributed by atoms with Gasteiger partial charge in [0.05, 0.1) is 11.8 Å². The molecule has 1 aliphatic carbocycles. The lowest BCUT2D eigenvalue weighted by Crippen LogP contribution is -2.34. The molecule has 0 aliphatic heterocycles. The number of carbonyl (C=O) groups is 2. The maximum Gasteiger partial charge on any atom is 0.226 e. The topological polar surface area (TPSA) is 49.4 Å². The number of rotatable bonds is 7. The van der Waals surface area contributed by atoms with Gasteiger partial charge >= 0.3 is 0 Å². The Morgan fingerprint density at radius 3 is 2.52 bits per heavy atom. The van der Waals surface area contributed by atoms with Crippen molar-refractivity contribution in [3.63, 3.8) is 0 Å². The van der Waals surface area contributed by atoms with Gasteiger partial charge in [0.15, 0.2) is 0 Å². The van der Waals surface area contributed by atoms with Crippen LogP contribution in [-0.2, 0) is 16.0 Å². The molecule has 0 radical (unpaired) electrons. The molecule has 1 saturated carbocycles. The van der Waals surface area contributed by atoms with Crippen molar-refractivity contribution in [2.45, 2.75) is 26.7 Å². The maximum atomic E-state index is 12.2. The summed E-state index contributed by atoms with van der Waals surface area (Å²) in [4.78, 5) is 26.1. The third-order valence-corrected chi connectivity index (χ3v) is 4.82. The van der Waals surface area contributed by atoms with E-state index in [9.17, 15) is 9.59 Å². The van der Waals surface area contributed by atoms with Crippen LogP contribution in [0.2, 0.25) is 10.0 Å². The van der Waals surface area contributed by atoms with Crippen molar-refractivity contribution in [1.82, 2.24) is 10.2 Å². The van der Waals surface area contributed by atoms with Gasteiger partial charge in [0.1, 0.15) is 0 Å². The van der Waals surface area contributed by atoms with Crippen molar-refractivity contribution in [3.05, 3.63) is 33.8 Å². The van der Waals surface area contributed by atoms with Gasteiger partial charge in [-0.15, -0.1) is 0 Å². The molecule has 0 bridgehead atoms. The molecule has 2 amide bonds. The van der Waals surface area contributed by atoms with Crippen LogP contribution in [0.4, 0.5) is 0 Å². The molecule has 6 heteroatoms. The zero-order chi connectivity index (χ0) is 17.0. The third kappa shape index (κ3) is 4.61. The normalized spacial score (nSPS) is 19.3. The Labute approximate surface area is 147 Å². The maximum absolute atomic E-state index is 12.2. The average molecular weight is 357 g/mol. The average Bonchev–Trinajstić information content (AvgIpc) is 3.31. The molecule has 23 heavy (non-hydrogen) atoms. The summed E-state index contributed by atoms with van der Waals surface area (Å²) in [5.74, 6) is -0.269. The molecule has 1 aromatic rings. The Morgan fingerprint density at radius 1 is 1.22 bits per heavy atom. The number of hydrogen-bond acceptors (Lipinski definition) is 2. The quantitative estimate of drug-likeness (QED) is 0.815. The standard InChI is InChI=1S/C17H22Cl2N2O2/c1-3-21(4-2)17(23)14-10-13(14)16(22)20-8-7-11-5-6-12(18)9-15(11)19/h5-6,9,13-14H,3-4,7-8,10H2,1-2H3,(H,20,22). The van der Waals surface area contributed by atoms with Crippen molar-refractivity contribution in [2.24, 2.45) is 11.8 Å². The van der Waals surface area contributed by atoms with E-state index < -0.39 is 0 Å². The largest absolute Gasteiger partial charge is 0.356 e. The molecule has 0 aromatic heterocycles. The van der Waals surface area contributed by atoms with Gasteiger partial charge < -0.3 is 10.2 Å². The van der Waals surface area contributed by atoms with Gasteiger partial charge in [0.25, 0.3) is 0 Å². The Bertz CT molecular complexity index is 588. The number of benzene rings is 1. The second-order valence-corrected chi connectivity index (χ2v) is 6.58. The number of hydrogen-bond donors (Lipinski definition) is 1. The van der Waals surface area contributed by atoms with E-state index in [1.165, 1.54) is 0 Å². The Balaban J connectivity index is 1.77. The van der Waals surface area contributed by atoms with E-state index in [1.54, 1.807) is 17.0 Å². The summed E-state index contributed by atoms with van der Waals surface area (Å²) in [5, 5.41) is 4.09. The van der Waals surface area contributed by atoms with Crippen molar-refractivity contribution < 1.29 is 9.59 Å². The van der Waals surface area contributed by atoms with Crippen molar-refractivity contribution in [1.29, 1.82) is 0 Å². The van der Waals surface area contributed by atoms with E-state index in [-0.39, 0.29) is 23.7 Å². The first-order valence-corrected chi connectivity index (χ1v) is 8.73. The molecule has 0 spiro atoms. The highest BCUT2D eigenvalue weighted by Crippen LogP contribution is 2.40. The number of halogens is 2. The monoisotopic (exact) mass is 356 g/mol. The van der Waals surface area contributed by atoms with Crippen molar-refractivity contribution in [3.8, 4) is 0 Å². The minimum atomic E-state index is -0.177. The molecule has 1 aromatic carbocycles. The zero-order valence-corrected chi connectivity index (χ0v) is 15.0. The molecule has 1 N–H and O–H groups in total. The second-order valence-electron chi connectivity index (χ2n) is 5.74. The summed E-state index contributed by atoms with van der Waals surface area (Å²) in [6.45, 7) is 5.79. The van der Waals surface area contributed by atoms with Gasteiger partial charge in [0, 0.05) is 29.7 Å². The molecule has 126 valence electrons. The van der Waals surface area contributed by atoms with Crippen LogP contribution in [-0.4, -0.2) is 36.3 Å². The van der Waals surface area contributed by atoms with Gasteiger partial charge in [-0.1, -0.05) is 29.3 Å². The van der Waals surface area contributed by atoms with Crippen molar-refractivity contribution >= 4 is 35.0 Å². The fourth-order valence-corrected chi connectivity index (χ4v) is 3.21. The molecule has 2 atom stereocenters. The van der Waals surface area contributed by atoms with E-state index in [0.29, 0.717) is 42.5 Å². The minimum absolute atomic E-state index is 0.0411. The summed E-state index contributed by atoms with van der Waals surface area (Å²) in [6.07, 6.45) is 1.30. The Kier molecular flexibility index (Phi) is 6.31. The summed E-state index contributed by atoms with van der Waals surface area (Å²) in [5.41, 5.74) is 0.947. The van der Waals surface area contributed by atoms with Crippen LogP contribution < -0.4 is 5.32 Å². The van der Waals surface area contributed by atoms with E-state index in [0.717, 1.165) is 5.56 Å². The second kappa shape index (κ2) is 8.02. The van der Waals surface area contributed by atoms with Gasteiger partial charge in [-0.25, -0.2) is 0 Å².